The maximum atomic E-state index is 9.59. The van der Waals surface area contributed by atoms with Crippen LogP contribution in [-0.2, 0) is 0 Å². The van der Waals surface area contributed by atoms with E-state index in [0.717, 1.165) is 12.8 Å². The van der Waals surface area contributed by atoms with Crippen molar-refractivity contribution in [2.75, 3.05) is 20.1 Å². The molecule has 1 heterocycles. The molecule has 0 aromatic rings. The second-order valence-electron chi connectivity index (χ2n) is 4.26. The maximum Gasteiger partial charge on any atom is 0.116 e. The van der Waals surface area contributed by atoms with Gasteiger partial charge in [0.15, 0.2) is 0 Å². The van der Waals surface area contributed by atoms with Crippen molar-refractivity contribution in [3.63, 3.8) is 0 Å². The second kappa shape index (κ2) is 2.33. The van der Waals surface area contributed by atoms with Gasteiger partial charge >= 0.3 is 0 Å². The summed E-state index contributed by atoms with van der Waals surface area (Å²) in [7, 11) is 2.17. The highest BCUT2D eigenvalue weighted by molar-refractivity contribution is 14.1. The van der Waals surface area contributed by atoms with E-state index in [1.165, 1.54) is 19.5 Å². The number of rotatable bonds is 0. The molecule has 1 spiro atoms. The minimum atomic E-state index is -0.372. The molecule has 0 radical (unpaired) electrons. The Balaban J connectivity index is 1.97. The van der Waals surface area contributed by atoms with Gasteiger partial charge in [-0.3, -0.25) is 0 Å². The van der Waals surface area contributed by atoms with Crippen molar-refractivity contribution >= 4 is 22.6 Å². The first-order valence-electron chi connectivity index (χ1n) is 4.11. The molecule has 1 saturated heterocycles. The van der Waals surface area contributed by atoms with Gasteiger partial charge in [0, 0.05) is 6.54 Å². The lowest BCUT2D eigenvalue weighted by molar-refractivity contribution is -0.0381. The quantitative estimate of drug-likeness (QED) is 0.527. The highest BCUT2D eigenvalue weighted by Crippen LogP contribution is 2.56. The first-order chi connectivity index (χ1) is 5.02. The minimum absolute atomic E-state index is 0.372. The SMILES string of the molecule is CN1CCC2(C1)CC(O)(I)C2. The fourth-order valence-electron chi connectivity index (χ4n) is 2.54. The molecule has 1 N–H and O–H groups in total. The van der Waals surface area contributed by atoms with Crippen LogP contribution in [0.1, 0.15) is 19.3 Å². The summed E-state index contributed by atoms with van der Waals surface area (Å²) in [6.45, 7) is 2.41. The van der Waals surface area contributed by atoms with Gasteiger partial charge in [-0.05, 0) is 60.9 Å². The maximum absolute atomic E-state index is 9.59. The molecular weight excluding hydrogens is 253 g/mol. The van der Waals surface area contributed by atoms with Crippen molar-refractivity contribution in [1.29, 1.82) is 0 Å². The number of alkyl halides is 1. The van der Waals surface area contributed by atoms with Gasteiger partial charge in [0.1, 0.15) is 3.61 Å². The van der Waals surface area contributed by atoms with Crippen LogP contribution in [0.15, 0.2) is 0 Å². The van der Waals surface area contributed by atoms with Crippen LogP contribution in [0, 0.1) is 5.41 Å². The first-order valence-corrected chi connectivity index (χ1v) is 5.19. The molecule has 2 rings (SSSR count). The van der Waals surface area contributed by atoms with Crippen LogP contribution >= 0.6 is 22.6 Å². The molecule has 0 bridgehead atoms. The molecule has 1 aliphatic heterocycles. The van der Waals surface area contributed by atoms with Gasteiger partial charge in [-0.25, -0.2) is 0 Å². The van der Waals surface area contributed by atoms with Crippen molar-refractivity contribution in [2.45, 2.75) is 22.9 Å². The molecule has 0 aromatic carbocycles. The standard InChI is InChI=1S/C8H14INO/c1-10-3-2-7(6-10)4-8(9,11)5-7/h11H,2-6H2,1H3. The fourth-order valence-corrected chi connectivity index (χ4v) is 4.16. The van der Waals surface area contributed by atoms with Crippen LogP contribution in [0.25, 0.3) is 0 Å². The molecule has 0 aromatic heterocycles. The molecule has 1 aliphatic carbocycles. The van der Waals surface area contributed by atoms with Crippen molar-refractivity contribution in [3.05, 3.63) is 0 Å². The molecule has 2 aliphatic rings. The van der Waals surface area contributed by atoms with Crippen molar-refractivity contribution in [2.24, 2.45) is 5.41 Å². The van der Waals surface area contributed by atoms with E-state index >= 15 is 0 Å². The molecule has 0 atom stereocenters. The van der Waals surface area contributed by atoms with Crippen LogP contribution in [0.4, 0.5) is 0 Å². The largest absolute Gasteiger partial charge is 0.380 e. The summed E-state index contributed by atoms with van der Waals surface area (Å²) in [5.41, 5.74) is 0.491. The fraction of sp³-hybridized carbons (Fsp3) is 1.00. The number of nitrogens with zero attached hydrogens (tertiary/aromatic N) is 1. The van der Waals surface area contributed by atoms with Gasteiger partial charge < -0.3 is 10.0 Å². The van der Waals surface area contributed by atoms with Crippen molar-refractivity contribution in [1.82, 2.24) is 4.90 Å². The van der Waals surface area contributed by atoms with Crippen LogP contribution in [-0.4, -0.2) is 33.8 Å². The predicted molar refractivity (Wildman–Crippen MR) is 52.8 cm³/mol. The van der Waals surface area contributed by atoms with E-state index in [1.54, 1.807) is 0 Å². The number of likely N-dealkylation sites (tertiary alicyclic amines) is 1. The zero-order valence-electron chi connectivity index (χ0n) is 6.81. The lowest BCUT2D eigenvalue weighted by atomic mass is 9.66. The number of aliphatic hydroxyl groups is 1. The van der Waals surface area contributed by atoms with E-state index in [2.05, 4.69) is 34.5 Å². The highest BCUT2D eigenvalue weighted by Gasteiger charge is 2.54. The van der Waals surface area contributed by atoms with E-state index in [0.29, 0.717) is 5.41 Å². The summed E-state index contributed by atoms with van der Waals surface area (Å²) in [6, 6.07) is 0. The molecule has 0 unspecified atom stereocenters. The summed E-state index contributed by atoms with van der Waals surface area (Å²) < 4.78 is -0.372. The van der Waals surface area contributed by atoms with E-state index < -0.39 is 0 Å². The average molecular weight is 267 g/mol. The molecule has 11 heavy (non-hydrogen) atoms. The second-order valence-corrected chi connectivity index (χ2v) is 6.27. The third-order valence-corrected chi connectivity index (χ3v) is 3.68. The van der Waals surface area contributed by atoms with E-state index in [1.807, 2.05) is 0 Å². The van der Waals surface area contributed by atoms with Gasteiger partial charge in [0.05, 0.1) is 0 Å². The Labute approximate surface area is 81.1 Å². The van der Waals surface area contributed by atoms with Gasteiger partial charge in [0.2, 0.25) is 0 Å². The lowest BCUT2D eigenvalue weighted by Gasteiger charge is -2.48. The Hall–Kier alpha value is 0.650. The molecule has 2 nitrogen and oxygen atoms in total. The zero-order chi connectivity index (χ0) is 8.11. The third kappa shape index (κ3) is 1.42. The Morgan fingerprint density at radius 3 is 2.45 bits per heavy atom. The van der Waals surface area contributed by atoms with Crippen LogP contribution in [0.3, 0.4) is 0 Å². The topological polar surface area (TPSA) is 23.5 Å². The summed E-state index contributed by atoms with van der Waals surface area (Å²) >= 11 is 2.17. The van der Waals surface area contributed by atoms with E-state index in [9.17, 15) is 5.11 Å². The van der Waals surface area contributed by atoms with E-state index in [-0.39, 0.29) is 3.61 Å². The van der Waals surface area contributed by atoms with Crippen LogP contribution in [0.2, 0.25) is 0 Å². The van der Waals surface area contributed by atoms with Crippen LogP contribution < -0.4 is 0 Å². The minimum Gasteiger partial charge on any atom is -0.380 e. The first kappa shape index (κ1) is 8.26. The summed E-state index contributed by atoms with van der Waals surface area (Å²) in [6.07, 6.45) is 3.30. The Bertz CT molecular complexity index is 173. The Morgan fingerprint density at radius 2 is 2.09 bits per heavy atom. The van der Waals surface area contributed by atoms with Crippen molar-refractivity contribution < 1.29 is 5.11 Å². The summed E-state index contributed by atoms with van der Waals surface area (Å²) in [5.74, 6) is 0. The Morgan fingerprint density at radius 1 is 1.45 bits per heavy atom. The predicted octanol–water partition coefficient (Wildman–Crippen LogP) is 1.23. The number of hydrogen-bond donors (Lipinski definition) is 1. The van der Waals surface area contributed by atoms with Crippen LogP contribution in [0.5, 0.6) is 0 Å². The highest BCUT2D eigenvalue weighted by atomic mass is 127. The van der Waals surface area contributed by atoms with Gasteiger partial charge in [-0.2, -0.15) is 0 Å². The molecular formula is C8H14INO. The molecule has 0 amide bonds. The smallest absolute Gasteiger partial charge is 0.116 e. The number of hydrogen-bond acceptors (Lipinski definition) is 2. The monoisotopic (exact) mass is 267 g/mol. The Kier molecular flexibility index (Phi) is 1.75. The zero-order valence-corrected chi connectivity index (χ0v) is 8.97. The molecule has 2 fully saturated rings. The van der Waals surface area contributed by atoms with Gasteiger partial charge in [0.25, 0.3) is 0 Å². The lowest BCUT2D eigenvalue weighted by Crippen LogP contribution is -2.48. The molecule has 1 saturated carbocycles. The van der Waals surface area contributed by atoms with E-state index in [4.69, 9.17) is 0 Å². The summed E-state index contributed by atoms with van der Waals surface area (Å²) in [5, 5.41) is 9.59. The van der Waals surface area contributed by atoms with Gasteiger partial charge in [-0.1, -0.05) is 0 Å². The third-order valence-electron chi connectivity index (χ3n) is 2.92. The molecule has 64 valence electrons. The average Bonchev–Trinajstić information content (AvgIpc) is 2.08. The molecule has 3 heteroatoms. The van der Waals surface area contributed by atoms with Gasteiger partial charge in [-0.15, -0.1) is 0 Å². The van der Waals surface area contributed by atoms with Crippen molar-refractivity contribution in [3.8, 4) is 0 Å². The summed E-state index contributed by atoms with van der Waals surface area (Å²) in [4.78, 5) is 2.37. The number of halogens is 1. The normalized spacial score (nSPS) is 51.5.